The van der Waals surface area contributed by atoms with E-state index in [9.17, 15) is 19.7 Å². The highest BCUT2D eigenvalue weighted by Gasteiger charge is 2.11. The molecule has 0 fully saturated rings. The zero-order valence-corrected chi connectivity index (χ0v) is 12.6. The monoisotopic (exact) mass is 319 g/mol. The average molecular weight is 320 g/mol. The van der Waals surface area contributed by atoms with Gasteiger partial charge in [-0.1, -0.05) is 42.8 Å². The molecule has 6 heteroatoms. The normalized spacial score (nSPS) is 9.36. The molecule has 0 unspecified atom stereocenters. The lowest BCUT2D eigenvalue weighted by Gasteiger charge is -1.94. The third kappa shape index (κ3) is 5.10. The van der Waals surface area contributed by atoms with Crippen LogP contribution in [0.1, 0.15) is 33.2 Å². The van der Waals surface area contributed by atoms with Crippen molar-refractivity contribution >= 4 is 29.9 Å². The average Bonchev–Trinajstić information content (AvgIpc) is 2.55. The number of nitrogens with zero attached hydrogens (tertiary/aromatic N) is 1. The van der Waals surface area contributed by atoms with Crippen LogP contribution in [0, 0.1) is 10.1 Å². The van der Waals surface area contributed by atoms with Gasteiger partial charge in [-0.25, -0.2) is 0 Å². The molecule has 0 saturated heterocycles. The highest BCUT2D eigenvalue weighted by atomic mass is 35.5. The Kier molecular flexibility index (Phi) is 6.92. The van der Waals surface area contributed by atoms with E-state index in [4.69, 9.17) is 11.6 Å². The van der Waals surface area contributed by atoms with E-state index in [1.54, 1.807) is 0 Å². The summed E-state index contributed by atoms with van der Waals surface area (Å²) in [7, 11) is 0. The molecule has 2 rings (SSSR count). The van der Waals surface area contributed by atoms with E-state index in [0.717, 1.165) is 24.3 Å². The molecule has 5 nitrogen and oxygen atoms in total. The zero-order chi connectivity index (χ0) is 16.5. The van der Waals surface area contributed by atoms with E-state index in [1.807, 2.05) is 24.3 Å². The van der Waals surface area contributed by atoms with Gasteiger partial charge in [-0.05, 0) is 24.1 Å². The summed E-state index contributed by atoms with van der Waals surface area (Å²) in [6.45, 7) is 2.09. The van der Waals surface area contributed by atoms with E-state index in [0.29, 0.717) is 6.29 Å². The smallest absolute Gasteiger partial charge is 0.288 e. The number of hydrogen-bond donors (Lipinski definition) is 0. The largest absolute Gasteiger partial charge is 0.298 e. The lowest BCUT2D eigenvalue weighted by molar-refractivity contribution is -0.384. The van der Waals surface area contributed by atoms with Crippen LogP contribution in [0.25, 0.3) is 0 Å². The van der Waals surface area contributed by atoms with Gasteiger partial charge in [0.05, 0.1) is 4.92 Å². The van der Waals surface area contributed by atoms with E-state index < -0.39 is 4.92 Å². The Morgan fingerprint density at radius 2 is 1.59 bits per heavy atom. The van der Waals surface area contributed by atoms with Gasteiger partial charge in [0.2, 0.25) is 0 Å². The van der Waals surface area contributed by atoms with Crippen LogP contribution in [0.2, 0.25) is 5.02 Å². The van der Waals surface area contributed by atoms with Gasteiger partial charge in [-0.15, -0.1) is 0 Å². The lowest BCUT2D eigenvalue weighted by atomic mass is 10.1. The molecular weight excluding hydrogens is 306 g/mol. The van der Waals surface area contributed by atoms with Crippen LogP contribution in [0.4, 0.5) is 5.69 Å². The van der Waals surface area contributed by atoms with Gasteiger partial charge in [0.1, 0.15) is 17.6 Å². The number of hydrogen-bond acceptors (Lipinski definition) is 4. The van der Waals surface area contributed by atoms with Crippen molar-refractivity contribution in [3.05, 3.63) is 74.3 Å². The van der Waals surface area contributed by atoms with E-state index in [1.165, 1.54) is 17.7 Å². The minimum absolute atomic E-state index is 0.0330. The first-order valence-corrected chi connectivity index (χ1v) is 6.82. The number of benzene rings is 2. The Morgan fingerprint density at radius 1 is 1.05 bits per heavy atom. The van der Waals surface area contributed by atoms with Crippen LogP contribution in [0.15, 0.2) is 42.5 Å². The van der Waals surface area contributed by atoms with Gasteiger partial charge in [0, 0.05) is 17.2 Å². The second-order valence-electron chi connectivity index (χ2n) is 4.30. The van der Waals surface area contributed by atoms with Crippen molar-refractivity contribution in [2.75, 3.05) is 0 Å². The molecule has 2 aromatic carbocycles. The van der Waals surface area contributed by atoms with Crippen molar-refractivity contribution in [2.45, 2.75) is 13.3 Å². The third-order valence-corrected chi connectivity index (χ3v) is 3.15. The standard InChI is InChI=1S/C9H10O.C7H4ClNO3/c1-2-8-3-5-9(7-10)6-4-8;8-6-2-1-5(4-10)3-7(6)9(11)12/h3-7H,2H2,1H3;1-4H. The summed E-state index contributed by atoms with van der Waals surface area (Å²) in [5.74, 6) is 0. The minimum atomic E-state index is -0.630. The van der Waals surface area contributed by atoms with Gasteiger partial charge >= 0.3 is 0 Å². The van der Waals surface area contributed by atoms with Crippen molar-refractivity contribution in [3.8, 4) is 0 Å². The maximum atomic E-state index is 10.3. The summed E-state index contributed by atoms with van der Waals surface area (Å²) < 4.78 is 0. The Labute approximate surface area is 132 Å². The summed E-state index contributed by atoms with van der Waals surface area (Å²) in [6.07, 6.45) is 2.42. The number of aryl methyl sites for hydroxylation is 1. The fraction of sp³-hybridized carbons (Fsp3) is 0.125. The van der Waals surface area contributed by atoms with Crippen molar-refractivity contribution in [2.24, 2.45) is 0 Å². The molecule has 0 aliphatic rings. The number of carbonyl (C=O) groups excluding carboxylic acids is 2. The molecule has 0 spiro atoms. The minimum Gasteiger partial charge on any atom is -0.298 e. The Balaban J connectivity index is 0.000000224. The van der Waals surface area contributed by atoms with Crippen molar-refractivity contribution in [1.82, 2.24) is 0 Å². The van der Waals surface area contributed by atoms with Gasteiger partial charge in [-0.2, -0.15) is 0 Å². The van der Waals surface area contributed by atoms with Crippen LogP contribution in [-0.2, 0) is 6.42 Å². The Bertz CT molecular complexity index is 668. The Hall–Kier alpha value is -2.53. The van der Waals surface area contributed by atoms with Crippen molar-refractivity contribution < 1.29 is 14.5 Å². The molecule has 2 aromatic rings. The Morgan fingerprint density at radius 3 is 2.05 bits per heavy atom. The van der Waals surface area contributed by atoms with E-state index in [-0.39, 0.29) is 16.3 Å². The molecule has 0 radical (unpaired) electrons. The quantitative estimate of drug-likeness (QED) is 0.482. The summed E-state index contributed by atoms with van der Waals surface area (Å²) in [6, 6.07) is 11.5. The SMILES string of the molecule is CCc1ccc(C=O)cc1.O=Cc1ccc(Cl)c([N+](=O)[O-])c1. The lowest BCUT2D eigenvalue weighted by Crippen LogP contribution is -1.90. The van der Waals surface area contributed by atoms with Crippen LogP contribution in [0.5, 0.6) is 0 Å². The first-order valence-electron chi connectivity index (χ1n) is 6.45. The predicted molar refractivity (Wildman–Crippen MR) is 84.7 cm³/mol. The number of rotatable bonds is 4. The number of carbonyl (C=O) groups is 2. The molecule has 0 aromatic heterocycles. The summed E-state index contributed by atoms with van der Waals surface area (Å²) in [5.41, 5.74) is 2.01. The van der Waals surface area contributed by atoms with Crippen LogP contribution >= 0.6 is 11.6 Å². The molecule has 0 aliphatic heterocycles. The molecule has 0 atom stereocenters. The summed E-state index contributed by atoms with van der Waals surface area (Å²) in [4.78, 5) is 30.1. The van der Waals surface area contributed by atoms with Gasteiger partial charge < -0.3 is 0 Å². The molecule has 0 N–H and O–H groups in total. The van der Waals surface area contributed by atoms with Crippen molar-refractivity contribution in [3.63, 3.8) is 0 Å². The van der Waals surface area contributed by atoms with Gasteiger partial charge in [-0.3, -0.25) is 19.7 Å². The van der Waals surface area contributed by atoms with Crippen LogP contribution < -0.4 is 0 Å². The fourth-order valence-corrected chi connectivity index (χ4v) is 1.76. The maximum absolute atomic E-state index is 10.3. The van der Waals surface area contributed by atoms with E-state index in [2.05, 4.69) is 6.92 Å². The third-order valence-electron chi connectivity index (χ3n) is 2.83. The molecule has 0 bridgehead atoms. The van der Waals surface area contributed by atoms with Crippen LogP contribution in [0.3, 0.4) is 0 Å². The van der Waals surface area contributed by atoms with Crippen LogP contribution in [-0.4, -0.2) is 17.5 Å². The van der Waals surface area contributed by atoms with Gasteiger partial charge in [0.15, 0.2) is 0 Å². The summed E-state index contributed by atoms with van der Waals surface area (Å²) >= 11 is 5.49. The molecule has 22 heavy (non-hydrogen) atoms. The molecule has 0 heterocycles. The highest BCUT2D eigenvalue weighted by molar-refractivity contribution is 6.32. The number of aldehydes is 2. The first-order chi connectivity index (χ1) is 10.5. The first kappa shape index (κ1) is 17.5. The second-order valence-corrected chi connectivity index (χ2v) is 4.71. The molecular formula is C16H14ClNO4. The summed E-state index contributed by atoms with van der Waals surface area (Å²) in [5, 5.41) is 10.3. The molecule has 0 aliphatic carbocycles. The number of nitro groups is 1. The highest BCUT2D eigenvalue weighted by Crippen LogP contribution is 2.24. The maximum Gasteiger partial charge on any atom is 0.288 e. The predicted octanol–water partition coefficient (Wildman–Crippen LogP) is 4.12. The zero-order valence-electron chi connectivity index (χ0n) is 11.9. The van der Waals surface area contributed by atoms with Gasteiger partial charge in [0.25, 0.3) is 5.69 Å². The number of halogens is 1. The molecule has 0 saturated carbocycles. The molecule has 0 amide bonds. The second kappa shape index (κ2) is 8.69. The molecule has 114 valence electrons. The van der Waals surface area contributed by atoms with E-state index >= 15 is 0 Å². The topological polar surface area (TPSA) is 77.3 Å². The number of nitro benzene ring substituents is 1. The van der Waals surface area contributed by atoms with Crippen molar-refractivity contribution in [1.29, 1.82) is 0 Å². The fourth-order valence-electron chi connectivity index (χ4n) is 1.57.